The smallest absolute Gasteiger partial charge is 0.269 e. The third kappa shape index (κ3) is 5.92. The third-order valence-corrected chi connectivity index (χ3v) is 4.48. The molecule has 0 aliphatic carbocycles. The van der Waals surface area contributed by atoms with E-state index in [-0.39, 0.29) is 12.3 Å². The van der Waals surface area contributed by atoms with Gasteiger partial charge in [0.2, 0.25) is 0 Å². The molecule has 0 aliphatic heterocycles. The van der Waals surface area contributed by atoms with Gasteiger partial charge in [0.15, 0.2) is 0 Å². The standard InChI is InChI=1S/C24H22N4O4/c25-13-16-5-9-19(10-6-16)32-20-11-7-17(8-12-20)28-22-4-2-1-3-21(22)23(26)24(31)27-14-18(30)15-29/h1-12,18,26,28-30H,14-15H2,(H,27,31). The lowest BCUT2D eigenvalue weighted by Gasteiger charge is -2.14. The second kappa shape index (κ2) is 10.7. The second-order valence-electron chi connectivity index (χ2n) is 6.85. The molecule has 3 aromatic rings. The Morgan fingerprint density at radius 1 is 1.03 bits per heavy atom. The van der Waals surface area contributed by atoms with Crippen molar-refractivity contribution in [2.45, 2.75) is 6.10 Å². The summed E-state index contributed by atoms with van der Waals surface area (Å²) >= 11 is 0. The van der Waals surface area contributed by atoms with Gasteiger partial charge >= 0.3 is 0 Å². The summed E-state index contributed by atoms with van der Waals surface area (Å²) in [6.07, 6.45) is -1.08. The summed E-state index contributed by atoms with van der Waals surface area (Å²) in [5.41, 5.74) is 1.98. The number of ether oxygens (including phenoxy) is 1. The molecule has 8 nitrogen and oxygen atoms in total. The number of carbonyl (C=O) groups is 1. The second-order valence-corrected chi connectivity index (χ2v) is 6.85. The Morgan fingerprint density at radius 2 is 1.66 bits per heavy atom. The van der Waals surface area contributed by atoms with Crippen LogP contribution in [0.25, 0.3) is 0 Å². The highest BCUT2D eigenvalue weighted by Gasteiger charge is 2.16. The predicted molar refractivity (Wildman–Crippen MR) is 120 cm³/mol. The van der Waals surface area contributed by atoms with Crippen molar-refractivity contribution in [1.29, 1.82) is 10.7 Å². The molecule has 162 valence electrons. The maximum Gasteiger partial charge on any atom is 0.269 e. The Morgan fingerprint density at radius 3 is 2.28 bits per heavy atom. The predicted octanol–water partition coefficient (Wildman–Crippen LogP) is 2.93. The van der Waals surface area contributed by atoms with E-state index in [0.717, 1.165) is 5.69 Å². The number of anilines is 2. The maximum absolute atomic E-state index is 12.2. The molecule has 0 aliphatic rings. The van der Waals surface area contributed by atoms with Crippen molar-refractivity contribution in [3.8, 4) is 17.6 Å². The summed E-state index contributed by atoms with van der Waals surface area (Å²) < 4.78 is 5.77. The van der Waals surface area contributed by atoms with Crippen LogP contribution in [-0.2, 0) is 4.79 Å². The molecule has 32 heavy (non-hydrogen) atoms. The van der Waals surface area contributed by atoms with Crippen molar-refractivity contribution in [2.24, 2.45) is 0 Å². The normalized spacial score (nSPS) is 11.2. The molecular weight excluding hydrogens is 408 g/mol. The first-order valence-corrected chi connectivity index (χ1v) is 9.80. The Labute approximate surface area is 185 Å². The Bertz CT molecular complexity index is 1120. The van der Waals surface area contributed by atoms with Gasteiger partial charge in [-0.05, 0) is 54.6 Å². The summed E-state index contributed by atoms with van der Waals surface area (Å²) in [6.45, 7) is -0.620. The molecule has 1 atom stereocenters. The third-order valence-electron chi connectivity index (χ3n) is 4.48. The van der Waals surface area contributed by atoms with Gasteiger partial charge < -0.3 is 25.6 Å². The first-order valence-electron chi connectivity index (χ1n) is 9.80. The highest BCUT2D eigenvalue weighted by Crippen LogP contribution is 2.26. The Kier molecular flexibility index (Phi) is 7.54. The molecule has 0 saturated heterocycles. The number of rotatable bonds is 9. The molecule has 0 fully saturated rings. The fourth-order valence-electron chi connectivity index (χ4n) is 2.79. The van der Waals surface area contributed by atoms with Crippen LogP contribution in [0.2, 0.25) is 0 Å². The minimum absolute atomic E-state index is 0.145. The van der Waals surface area contributed by atoms with Gasteiger partial charge in [0, 0.05) is 23.5 Å². The van der Waals surface area contributed by atoms with Gasteiger partial charge in [0.1, 0.15) is 17.2 Å². The lowest BCUT2D eigenvalue weighted by atomic mass is 10.1. The number of nitriles is 1. The van der Waals surface area contributed by atoms with Crippen LogP contribution in [-0.4, -0.2) is 41.1 Å². The van der Waals surface area contributed by atoms with Gasteiger partial charge in [0.25, 0.3) is 5.91 Å². The SMILES string of the molecule is N#Cc1ccc(Oc2ccc(Nc3ccccc3C(=N)C(=O)NCC(O)CO)cc2)cc1. The number of aliphatic hydroxyl groups is 2. The largest absolute Gasteiger partial charge is 0.457 e. The quantitative estimate of drug-likeness (QED) is 0.331. The number of nitrogens with one attached hydrogen (secondary N) is 3. The zero-order chi connectivity index (χ0) is 22.9. The van der Waals surface area contributed by atoms with Crippen LogP contribution < -0.4 is 15.4 Å². The number of benzene rings is 3. The van der Waals surface area contributed by atoms with Gasteiger partial charge in [-0.25, -0.2) is 0 Å². The van der Waals surface area contributed by atoms with Crippen molar-refractivity contribution in [2.75, 3.05) is 18.5 Å². The number of para-hydroxylation sites is 1. The van der Waals surface area contributed by atoms with Crippen LogP contribution in [0.4, 0.5) is 11.4 Å². The van der Waals surface area contributed by atoms with Crippen molar-refractivity contribution < 1.29 is 19.7 Å². The minimum Gasteiger partial charge on any atom is -0.457 e. The molecule has 0 radical (unpaired) electrons. The Hall–Kier alpha value is -4.19. The molecule has 0 heterocycles. The fraction of sp³-hybridized carbons (Fsp3) is 0.125. The zero-order valence-corrected chi connectivity index (χ0v) is 17.1. The molecule has 3 aromatic carbocycles. The number of carbonyl (C=O) groups excluding carboxylic acids is 1. The van der Waals surface area contributed by atoms with Crippen LogP contribution >= 0.6 is 0 Å². The van der Waals surface area contributed by atoms with Crippen molar-refractivity contribution in [1.82, 2.24) is 5.32 Å². The van der Waals surface area contributed by atoms with Gasteiger partial charge in [0.05, 0.1) is 24.3 Å². The summed E-state index contributed by atoms with van der Waals surface area (Å²) in [7, 11) is 0. The van der Waals surface area contributed by atoms with E-state index in [1.54, 1.807) is 72.8 Å². The minimum atomic E-state index is -1.08. The topological polar surface area (TPSA) is 138 Å². The summed E-state index contributed by atoms with van der Waals surface area (Å²) in [5.74, 6) is 0.571. The van der Waals surface area contributed by atoms with Gasteiger partial charge in [-0.1, -0.05) is 18.2 Å². The van der Waals surface area contributed by atoms with Crippen LogP contribution in [0.15, 0.2) is 72.8 Å². The molecule has 0 bridgehead atoms. The van der Waals surface area contributed by atoms with E-state index in [0.29, 0.717) is 28.3 Å². The molecule has 0 saturated carbocycles. The van der Waals surface area contributed by atoms with Crippen LogP contribution in [0, 0.1) is 16.7 Å². The summed E-state index contributed by atoms with van der Waals surface area (Å²) in [6, 6.07) is 22.9. The monoisotopic (exact) mass is 430 g/mol. The van der Waals surface area contributed by atoms with E-state index in [9.17, 15) is 9.90 Å². The van der Waals surface area contributed by atoms with E-state index in [1.807, 2.05) is 0 Å². The van der Waals surface area contributed by atoms with Gasteiger partial charge in [-0.15, -0.1) is 0 Å². The van der Waals surface area contributed by atoms with Crippen molar-refractivity contribution in [3.05, 3.63) is 83.9 Å². The van der Waals surface area contributed by atoms with E-state index in [1.165, 1.54) is 0 Å². The van der Waals surface area contributed by atoms with E-state index in [4.69, 9.17) is 20.5 Å². The zero-order valence-electron chi connectivity index (χ0n) is 17.1. The van der Waals surface area contributed by atoms with E-state index in [2.05, 4.69) is 16.7 Å². The number of aliphatic hydroxyl groups excluding tert-OH is 2. The van der Waals surface area contributed by atoms with E-state index < -0.39 is 18.6 Å². The Balaban J connectivity index is 1.67. The summed E-state index contributed by atoms with van der Waals surface area (Å²) in [5, 5.41) is 40.9. The first-order chi connectivity index (χ1) is 15.5. The van der Waals surface area contributed by atoms with Crippen molar-refractivity contribution in [3.63, 3.8) is 0 Å². The van der Waals surface area contributed by atoms with Gasteiger partial charge in [-0.3, -0.25) is 10.2 Å². The molecule has 0 aromatic heterocycles. The molecule has 3 rings (SSSR count). The highest BCUT2D eigenvalue weighted by atomic mass is 16.5. The molecule has 1 amide bonds. The number of hydrogen-bond donors (Lipinski definition) is 5. The number of amides is 1. The average Bonchev–Trinajstić information content (AvgIpc) is 2.84. The van der Waals surface area contributed by atoms with E-state index >= 15 is 0 Å². The molecule has 1 unspecified atom stereocenters. The first kappa shape index (κ1) is 22.5. The summed E-state index contributed by atoms with van der Waals surface area (Å²) in [4.78, 5) is 12.2. The average molecular weight is 430 g/mol. The lowest BCUT2D eigenvalue weighted by Crippen LogP contribution is -2.38. The molecule has 0 spiro atoms. The highest BCUT2D eigenvalue weighted by molar-refractivity contribution is 6.45. The van der Waals surface area contributed by atoms with Crippen LogP contribution in [0.1, 0.15) is 11.1 Å². The lowest BCUT2D eigenvalue weighted by molar-refractivity contribution is -0.115. The van der Waals surface area contributed by atoms with Crippen molar-refractivity contribution >= 4 is 23.0 Å². The molecule has 5 N–H and O–H groups in total. The number of nitrogens with zero attached hydrogens (tertiary/aromatic N) is 1. The molecule has 8 heteroatoms. The fourth-order valence-corrected chi connectivity index (χ4v) is 2.79. The number of hydrogen-bond acceptors (Lipinski definition) is 7. The van der Waals surface area contributed by atoms with Crippen LogP contribution in [0.3, 0.4) is 0 Å². The van der Waals surface area contributed by atoms with Crippen LogP contribution in [0.5, 0.6) is 11.5 Å². The maximum atomic E-state index is 12.2. The van der Waals surface area contributed by atoms with Gasteiger partial charge in [-0.2, -0.15) is 5.26 Å². The molecular formula is C24H22N4O4.